The van der Waals surface area contributed by atoms with Crippen LogP contribution in [0.5, 0.6) is 0 Å². The molecule has 4 aromatic heterocycles. The van der Waals surface area contributed by atoms with Crippen molar-refractivity contribution in [2.45, 2.75) is 6.92 Å². The fraction of sp³-hybridized carbons (Fsp3) is 0.0149. The molecule has 0 aliphatic heterocycles. The van der Waals surface area contributed by atoms with Crippen LogP contribution in [0.15, 0.2) is 249 Å². The molecule has 332 valence electrons. The molecule has 15 rings (SSSR count). The normalized spacial score (nSPS) is 12.0. The van der Waals surface area contributed by atoms with Gasteiger partial charge in [0.2, 0.25) is 0 Å². The molecule has 0 unspecified atom stereocenters. The Morgan fingerprint density at radius 1 is 0.239 bits per heavy atom. The number of aromatic nitrogens is 4. The molecule has 0 N–H and O–H groups in total. The van der Waals surface area contributed by atoms with E-state index in [9.17, 15) is 0 Å². The molecule has 0 atom stereocenters. The van der Waals surface area contributed by atoms with Crippen molar-refractivity contribution < 1.29 is 0 Å². The molecule has 11 aromatic carbocycles. The number of benzene rings is 11. The Labute approximate surface area is 409 Å². The quantitative estimate of drug-likeness (QED) is 0.158. The van der Waals surface area contributed by atoms with Crippen LogP contribution in [0.3, 0.4) is 0 Å². The molecule has 0 bridgehead atoms. The maximum Gasteiger partial charge on any atom is 0.0641 e. The number of aryl methyl sites for hydroxylation is 1. The fourth-order valence-electron chi connectivity index (χ4n) is 12.0. The lowest BCUT2D eigenvalue weighted by molar-refractivity contribution is 1.17. The van der Waals surface area contributed by atoms with Gasteiger partial charge in [0.25, 0.3) is 0 Å². The zero-order valence-corrected chi connectivity index (χ0v) is 39.0. The second kappa shape index (κ2) is 15.3. The minimum Gasteiger partial charge on any atom is -0.309 e. The van der Waals surface area contributed by atoms with E-state index in [0.29, 0.717) is 0 Å². The first-order chi connectivity index (χ1) is 35.2. The molecule has 0 aliphatic rings. The molecule has 0 radical (unpaired) electrons. The number of hydrogen-bond acceptors (Lipinski definition) is 0. The zero-order valence-electron chi connectivity index (χ0n) is 39.0. The Bertz CT molecular complexity index is 4640. The van der Waals surface area contributed by atoms with E-state index < -0.39 is 0 Å². The van der Waals surface area contributed by atoms with E-state index in [1.54, 1.807) is 0 Å². The molecule has 0 amide bonds. The Balaban J connectivity index is 0.904. The Hall–Kier alpha value is -9.38. The third kappa shape index (κ3) is 5.79. The summed E-state index contributed by atoms with van der Waals surface area (Å²) in [7, 11) is 0. The van der Waals surface area contributed by atoms with Gasteiger partial charge in [-0.2, -0.15) is 0 Å². The van der Waals surface area contributed by atoms with Crippen molar-refractivity contribution >= 4 is 87.2 Å². The van der Waals surface area contributed by atoms with E-state index in [-0.39, 0.29) is 0 Å². The third-order valence-electron chi connectivity index (χ3n) is 15.1. The van der Waals surface area contributed by atoms with E-state index in [4.69, 9.17) is 0 Å². The summed E-state index contributed by atoms with van der Waals surface area (Å²) in [5.74, 6) is 0. The molecule has 15 aromatic rings. The van der Waals surface area contributed by atoms with Crippen LogP contribution in [0.2, 0.25) is 0 Å². The van der Waals surface area contributed by atoms with E-state index in [2.05, 4.69) is 274 Å². The molecular formula is C67H44N4. The number of nitrogens with zero attached hydrogens (tertiary/aromatic N) is 4. The van der Waals surface area contributed by atoms with E-state index in [1.165, 1.54) is 115 Å². The van der Waals surface area contributed by atoms with Gasteiger partial charge in [0, 0.05) is 65.8 Å². The third-order valence-corrected chi connectivity index (χ3v) is 15.1. The van der Waals surface area contributed by atoms with Gasteiger partial charge < -0.3 is 18.3 Å². The summed E-state index contributed by atoms with van der Waals surface area (Å²) in [5.41, 5.74) is 20.2. The van der Waals surface area contributed by atoms with Crippen LogP contribution >= 0.6 is 0 Å². The first-order valence-corrected chi connectivity index (χ1v) is 24.5. The Kier molecular flexibility index (Phi) is 8.54. The van der Waals surface area contributed by atoms with Crippen LogP contribution in [0.4, 0.5) is 0 Å². The molecule has 0 saturated heterocycles. The standard InChI is InChI=1S/C67H44N4/c1-43-34-35-45(44-18-16-24-49(40-44)70-58-30-12-8-26-51(58)53-36-38-62-64(66(53)70)55-28-10-14-32-60(55)68(62)47-20-4-2-5-21-47)42-57(43)46-19-17-25-50(41-46)71-59-31-13-9-27-52(59)54-37-39-63-65(67(54)71)56-29-11-15-33-61(56)69(63)48-22-6-3-7-23-48/h2-42H,1H3. The van der Waals surface area contributed by atoms with Crippen LogP contribution in [-0.2, 0) is 0 Å². The second-order valence-electron chi connectivity index (χ2n) is 18.9. The summed E-state index contributed by atoms with van der Waals surface area (Å²) in [5, 5.41) is 9.99. The van der Waals surface area contributed by atoms with Crippen molar-refractivity contribution in [1.82, 2.24) is 18.3 Å². The van der Waals surface area contributed by atoms with Gasteiger partial charge in [-0.1, -0.05) is 158 Å². The van der Waals surface area contributed by atoms with Crippen LogP contribution in [0, 0.1) is 6.92 Å². The highest BCUT2D eigenvalue weighted by atomic mass is 15.0. The number of rotatable bonds is 6. The summed E-state index contributed by atoms with van der Waals surface area (Å²) >= 11 is 0. The number of fused-ring (bicyclic) bond motifs is 14. The molecule has 4 nitrogen and oxygen atoms in total. The van der Waals surface area contributed by atoms with Crippen LogP contribution in [-0.4, -0.2) is 18.3 Å². The van der Waals surface area contributed by atoms with Crippen molar-refractivity contribution in [3.05, 3.63) is 254 Å². The highest BCUT2D eigenvalue weighted by Gasteiger charge is 2.23. The zero-order chi connectivity index (χ0) is 46.7. The highest BCUT2D eigenvalue weighted by molar-refractivity contribution is 6.27. The maximum atomic E-state index is 2.50. The average molecular weight is 905 g/mol. The Morgan fingerprint density at radius 3 is 1.14 bits per heavy atom. The van der Waals surface area contributed by atoms with Gasteiger partial charge in [-0.15, -0.1) is 0 Å². The molecule has 0 fully saturated rings. The first-order valence-electron chi connectivity index (χ1n) is 24.5. The lowest BCUT2D eigenvalue weighted by Gasteiger charge is -2.15. The molecule has 4 heteroatoms. The van der Waals surface area contributed by atoms with Gasteiger partial charge >= 0.3 is 0 Å². The molecule has 0 saturated carbocycles. The smallest absolute Gasteiger partial charge is 0.0641 e. The molecule has 4 heterocycles. The molecule has 71 heavy (non-hydrogen) atoms. The van der Waals surface area contributed by atoms with Crippen molar-refractivity contribution in [1.29, 1.82) is 0 Å². The van der Waals surface area contributed by atoms with Gasteiger partial charge in [-0.25, -0.2) is 0 Å². The minimum atomic E-state index is 1.13. The molecular weight excluding hydrogens is 861 g/mol. The summed E-state index contributed by atoms with van der Waals surface area (Å²) in [6.45, 7) is 2.24. The van der Waals surface area contributed by atoms with Gasteiger partial charge in [0.1, 0.15) is 0 Å². The Morgan fingerprint density at radius 2 is 0.634 bits per heavy atom. The highest BCUT2D eigenvalue weighted by Crippen LogP contribution is 2.45. The second-order valence-corrected chi connectivity index (χ2v) is 18.9. The minimum absolute atomic E-state index is 1.13. The van der Waals surface area contributed by atoms with E-state index >= 15 is 0 Å². The summed E-state index contributed by atoms with van der Waals surface area (Å²) in [6, 6.07) is 91.4. The predicted molar refractivity (Wildman–Crippen MR) is 299 cm³/mol. The maximum absolute atomic E-state index is 2.50. The van der Waals surface area contributed by atoms with Crippen LogP contribution < -0.4 is 0 Å². The summed E-state index contributed by atoms with van der Waals surface area (Å²) < 4.78 is 9.83. The van der Waals surface area contributed by atoms with Crippen LogP contribution in [0.25, 0.3) is 132 Å². The van der Waals surface area contributed by atoms with Gasteiger partial charge in [-0.05, 0) is 126 Å². The number of para-hydroxylation sites is 6. The SMILES string of the molecule is Cc1ccc(-c2cccc(-n3c4ccccc4c4ccc5c(c6ccccc6n5-c5ccccc5)c43)c2)cc1-c1cccc(-n2c3ccccc3c3ccc4c(c5ccccc5n4-c4ccccc4)c32)c1. The summed E-state index contributed by atoms with van der Waals surface area (Å²) in [6.07, 6.45) is 0. The topological polar surface area (TPSA) is 19.7 Å². The van der Waals surface area contributed by atoms with Crippen molar-refractivity contribution in [3.8, 4) is 45.0 Å². The predicted octanol–water partition coefficient (Wildman–Crippen LogP) is 17.7. The lowest BCUT2D eigenvalue weighted by atomic mass is 9.94. The molecule has 0 spiro atoms. The average Bonchev–Trinajstić information content (AvgIpc) is 4.17. The molecule has 0 aliphatic carbocycles. The number of hydrogen-bond donors (Lipinski definition) is 0. The van der Waals surface area contributed by atoms with Crippen molar-refractivity contribution in [3.63, 3.8) is 0 Å². The van der Waals surface area contributed by atoms with Crippen molar-refractivity contribution in [2.75, 3.05) is 0 Å². The van der Waals surface area contributed by atoms with Gasteiger partial charge in [-0.3, -0.25) is 0 Å². The van der Waals surface area contributed by atoms with Crippen LogP contribution in [0.1, 0.15) is 5.56 Å². The van der Waals surface area contributed by atoms with E-state index in [0.717, 1.165) is 22.7 Å². The largest absolute Gasteiger partial charge is 0.309 e. The van der Waals surface area contributed by atoms with Gasteiger partial charge in [0.05, 0.1) is 44.1 Å². The monoisotopic (exact) mass is 904 g/mol. The van der Waals surface area contributed by atoms with Gasteiger partial charge in [0.15, 0.2) is 0 Å². The van der Waals surface area contributed by atoms with Crippen molar-refractivity contribution in [2.24, 2.45) is 0 Å². The first kappa shape index (κ1) is 39.6. The lowest BCUT2D eigenvalue weighted by Crippen LogP contribution is -1.96. The fourth-order valence-corrected chi connectivity index (χ4v) is 12.0. The summed E-state index contributed by atoms with van der Waals surface area (Å²) in [4.78, 5) is 0. The van der Waals surface area contributed by atoms with E-state index in [1.807, 2.05) is 0 Å².